The second-order valence-corrected chi connectivity index (χ2v) is 4.89. The summed E-state index contributed by atoms with van der Waals surface area (Å²) in [5.74, 6) is -0.0245. The van der Waals surface area contributed by atoms with E-state index >= 15 is 0 Å². The first-order valence-electron chi connectivity index (χ1n) is 6.92. The maximum atomic E-state index is 12.4. The van der Waals surface area contributed by atoms with Crippen molar-refractivity contribution in [2.24, 2.45) is 0 Å². The number of hydrogen-bond donors (Lipinski definition) is 1. The molecule has 1 fully saturated rings. The molecule has 1 unspecified atom stereocenters. The van der Waals surface area contributed by atoms with Crippen LogP contribution in [0.1, 0.15) is 23.7 Å². The number of carbonyl (C=O) groups excluding carboxylic acids is 2. The highest BCUT2D eigenvalue weighted by molar-refractivity contribution is 5.94. The molecule has 0 aliphatic carbocycles. The van der Waals surface area contributed by atoms with Crippen LogP contribution in [-0.4, -0.2) is 59.0 Å². The van der Waals surface area contributed by atoms with Gasteiger partial charge in [0.05, 0.1) is 12.6 Å². The van der Waals surface area contributed by atoms with Crippen molar-refractivity contribution in [2.45, 2.75) is 19.4 Å². The number of aliphatic hydroxyl groups is 1. The Hall–Kier alpha value is -1.88. The quantitative estimate of drug-likeness (QED) is 0.886. The van der Waals surface area contributed by atoms with Crippen molar-refractivity contribution < 1.29 is 14.7 Å². The van der Waals surface area contributed by atoms with Crippen LogP contribution in [0.5, 0.6) is 0 Å². The van der Waals surface area contributed by atoms with Gasteiger partial charge in [0.2, 0.25) is 5.91 Å². The van der Waals surface area contributed by atoms with Crippen molar-refractivity contribution in [3.63, 3.8) is 0 Å². The number of benzene rings is 1. The van der Waals surface area contributed by atoms with Gasteiger partial charge in [-0.3, -0.25) is 9.59 Å². The fourth-order valence-electron chi connectivity index (χ4n) is 2.48. The summed E-state index contributed by atoms with van der Waals surface area (Å²) >= 11 is 0. The van der Waals surface area contributed by atoms with Gasteiger partial charge in [-0.05, 0) is 12.1 Å². The van der Waals surface area contributed by atoms with E-state index in [2.05, 4.69) is 0 Å². The number of hydrogen-bond acceptors (Lipinski definition) is 3. The Bertz CT molecular complexity index is 475. The molecule has 0 aromatic heterocycles. The second-order valence-electron chi connectivity index (χ2n) is 4.89. The summed E-state index contributed by atoms with van der Waals surface area (Å²) in [6.07, 6.45) is 0.449. The minimum atomic E-state index is -0.327. The highest BCUT2D eigenvalue weighted by Crippen LogP contribution is 2.14. The van der Waals surface area contributed by atoms with Crippen LogP contribution in [0.4, 0.5) is 0 Å². The molecule has 1 aromatic carbocycles. The molecular weight excluding hydrogens is 256 g/mol. The van der Waals surface area contributed by atoms with Gasteiger partial charge >= 0.3 is 0 Å². The minimum Gasteiger partial charge on any atom is -0.394 e. The van der Waals surface area contributed by atoms with Gasteiger partial charge in [-0.15, -0.1) is 0 Å². The van der Waals surface area contributed by atoms with Crippen LogP contribution >= 0.6 is 0 Å². The monoisotopic (exact) mass is 276 g/mol. The number of nitrogens with zero attached hydrogens (tertiary/aromatic N) is 2. The smallest absolute Gasteiger partial charge is 0.254 e. The Morgan fingerprint density at radius 1 is 1.25 bits per heavy atom. The molecule has 0 radical (unpaired) electrons. The summed E-state index contributed by atoms with van der Waals surface area (Å²) < 4.78 is 0. The predicted molar refractivity (Wildman–Crippen MR) is 75.2 cm³/mol. The zero-order valence-electron chi connectivity index (χ0n) is 11.7. The standard InChI is InChI=1S/C15H20N2O3/c1-2-14(19)16-8-9-17(13(10-16)11-18)15(20)12-6-4-3-5-7-12/h3-7,13,18H,2,8-11H2,1H3. The number of amides is 2. The molecule has 1 atom stereocenters. The van der Waals surface area contributed by atoms with Crippen LogP contribution in [-0.2, 0) is 4.79 Å². The molecular formula is C15H20N2O3. The van der Waals surface area contributed by atoms with Crippen molar-refractivity contribution in [1.82, 2.24) is 9.80 Å². The van der Waals surface area contributed by atoms with E-state index in [9.17, 15) is 14.7 Å². The number of piperazine rings is 1. The summed E-state index contributed by atoms with van der Waals surface area (Å²) in [6, 6.07) is 8.70. The first-order chi connectivity index (χ1) is 9.67. The van der Waals surface area contributed by atoms with Crippen LogP contribution in [0.3, 0.4) is 0 Å². The average Bonchev–Trinajstić information content (AvgIpc) is 2.53. The van der Waals surface area contributed by atoms with E-state index in [0.717, 1.165) is 0 Å². The predicted octanol–water partition coefficient (Wildman–Crippen LogP) is 0.742. The Labute approximate surface area is 118 Å². The summed E-state index contributed by atoms with van der Waals surface area (Å²) in [7, 11) is 0. The molecule has 5 heteroatoms. The molecule has 1 aromatic rings. The topological polar surface area (TPSA) is 60.9 Å². The normalized spacial score (nSPS) is 19.0. The van der Waals surface area contributed by atoms with Crippen molar-refractivity contribution in [1.29, 1.82) is 0 Å². The van der Waals surface area contributed by atoms with Crippen LogP contribution in [0.2, 0.25) is 0 Å². The molecule has 0 saturated carbocycles. The van der Waals surface area contributed by atoms with E-state index in [1.165, 1.54) is 0 Å². The summed E-state index contributed by atoms with van der Waals surface area (Å²) in [5.41, 5.74) is 0.612. The zero-order chi connectivity index (χ0) is 14.5. The second kappa shape index (κ2) is 6.52. The summed E-state index contributed by atoms with van der Waals surface area (Å²) in [5, 5.41) is 9.50. The van der Waals surface area contributed by atoms with Gasteiger partial charge in [0, 0.05) is 31.6 Å². The highest BCUT2D eigenvalue weighted by Gasteiger charge is 2.31. The Morgan fingerprint density at radius 3 is 2.55 bits per heavy atom. The molecule has 2 rings (SSSR count). The van der Waals surface area contributed by atoms with E-state index in [0.29, 0.717) is 31.6 Å². The molecule has 1 aliphatic heterocycles. The zero-order valence-corrected chi connectivity index (χ0v) is 11.7. The maximum Gasteiger partial charge on any atom is 0.254 e. The molecule has 1 aliphatic rings. The van der Waals surface area contributed by atoms with E-state index in [4.69, 9.17) is 0 Å². The van der Waals surface area contributed by atoms with E-state index in [1.807, 2.05) is 25.1 Å². The van der Waals surface area contributed by atoms with Gasteiger partial charge in [0.25, 0.3) is 5.91 Å². The third kappa shape index (κ3) is 2.99. The van der Waals surface area contributed by atoms with Crippen LogP contribution < -0.4 is 0 Å². The highest BCUT2D eigenvalue weighted by atomic mass is 16.3. The third-order valence-electron chi connectivity index (χ3n) is 3.63. The molecule has 108 valence electrons. The van der Waals surface area contributed by atoms with E-state index in [-0.39, 0.29) is 24.5 Å². The lowest BCUT2D eigenvalue weighted by atomic mass is 10.1. The van der Waals surface area contributed by atoms with Gasteiger partial charge in [-0.25, -0.2) is 0 Å². The van der Waals surface area contributed by atoms with Gasteiger partial charge in [-0.2, -0.15) is 0 Å². The lowest BCUT2D eigenvalue weighted by molar-refractivity contribution is -0.133. The molecule has 5 nitrogen and oxygen atoms in total. The van der Waals surface area contributed by atoms with Crippen molar-refractivity contribution in [3.05, 3.63) is 35.9 Å². The van der Waals surface area contributed by atoms with Crippen molar-refractivity contribution in [2.75, 3.05) is 26.2 Å². The molecule has 1 heterocycles. The van der Waals surface area contributed by atoms with Gasteiger partial charge < -0.3 is 14.9 Å². The molecule has 0 bridgehead atoms. The largest absolute Gasteiger partial charge is 0.394 e. The maximum absolute atomic E-state index is 12.4. The Morgan fingerprint density at radius 2 is 1.95 bits per heavy atom. The summed E-state index contributed by atoms with van der Waals surface area (Å²) in [4.78, 5) is 27.5. The molecule has 20 heavy (non-hydrogen) atoms. The van der Waals surface area contributed by atoms with Gasteiger partial charge in [0.15, 0.2) is 0 Å². The number of rotatable bonds is 3. The van der Waals surface area contributed by atoms with Gasteiger partial charge in [-0.1, -0.05) is 25.1 Å². The number of carbonyl (C=O) groups is 2. The van der Waals surface area contributed by atoms with Crippen molar-refractivity contribution >= 4 is 11.8 Å². The number of aliphatic hydroxyl groups excluding tert-OH is 1. The molecule has 2 amide bonds. The van der Waals surface area contributed by atoms with Crippen molar-refractivity contribution in [3.8, 4) is 0 Å². The van der Waals surface area contributed by atoms with Crippen LogP contribution in [0, 0.1) is 0 Å². The SMILES string of the molecule is CCC(=O)N1CCN(C(=O)c2ccccc2)C(CO)C1. The Balaban J connectivity index is 2.10. The third-order valence-corrected chi connectivity index (χ3v) is 3.63. The Kier molecular flexibility index (Phi) is 4.74. The fraction of sp³-hybridized carbons (Fsp3) is 0.467. The molecule has 1 saturated heterocycles. The minimum absolute atomic E-state index is 0.0651. The summed E-state index contributed by atoms with van der Waals surface area (Å²) in [6.45, 7) is 3.08. The first-order valence-corrected chi connectivity index (χ1v) is 6.92. The first kappa shape index (κ1) is 14.5. The fourth-order valence-corrected chi connectivity index (χ4v) is 2.48. The van der Waals surface area contributed by atoms with E-state index in [1.54, 1.807) is 21.9 Å². The lowest BCUT2D eigenvalue weighted by Gasteiger charge is -2.40. The lowest BCUT2D eigenvalue weighted by Crippen LogP contribution is -2.57. The van der Waals surface area contributed by atoms with E-state index < -0.39 is 0 Å². The van der Waals surface area contributed by atoms with Crippen LogP contribution in [0.25, 0.3) is 0 Å². The average molecular weight is 276 g/mol. The van der Waals surface area contributed by atoms with Crippen LogP contribution in [0.15, 0.2) is 30.3 Å². The molecule has 1 N–H and O–H groups in total. The molecule has 0 spiro atoms. The van der Waals surface area contributed by atoms with Gasteiger partial charge in [0.1, 0.15) is 0 Å².